The van der Waals surface area contributed by atoms with Crippen LogP contribution in [0.15, 0.2) is 29.3 Å². The summed E-state index contributed by atoms with van der Waals surface area (Å²) in [7, 11) is 0. The minimum absolute atomic E-state index is 0. The van der Waals surface area contributed by atoms with Crippen molar-refractivity contribution < 1.29 is 4.74 Å². The molecule has 0 radical (unpaired) electrons. The van der Waals surface area contributed by atoms with Crippen molar-refractivity contribution >= 4 is 29.9 Å². The summed E-state index contributed by atoms with van der Waals surface area (Å²) in [6.45, 7) is 11.4. The Morgan fingerprint density at radius 3 is 2.38 bits per heavy atom. The molecule has 148 valence electrons. The maximum atomic E-state index is 5.35. The summed E-state index contributed by atoms with van der Waals surface area (Å²) in [6, 6.07) is 8.89. The molecule has 0 spiro atoms. The largest absolute Gasteiger partial charge is 0.380 e. The number of halogens is 1. The monoisotopic (exact) mass is 474 g/mol. The normalized spacial score (nSPS) is 15.4. The lowest BCUT2D eigenvalue weighted by Crippen LogP contribution is -2.39. The van der Waals surface area contributed by atoms with Gasteiger partial charge in [0.15, 0.2) is 5.96 Å². The molecule has 2 N–H and O–H groups in total. The van der Waals surface area contributed by atoms with Crippen LogP contribution in [0.25, 0.3) is 0 Å². The lowest BCUT2D eigenvalue weighted by molar-refractivity contribution is 0.152. The predicted octanol–water partition coefficient (Wildman–Crippen LogP) is 3.38. The number of benzene rings is 1. The standard InChI is InChI=1S/C20H34N4O.HI/c1-3-21-20(22-12-15-25-4-2)23-16-18-8-10-19(11-9-18)17-24-13-6-5-7-14-24;/h8-11H,3-7,12-17H2,1-2H3,(H2,21,22,23);1H. The van der Waals surface area contributed by atoms with Crippen molar-refractivity contribution in [3.05, 3.63) is 35.4 Å². The van der Waals surface area contributed by atoms with Crippen LogP contribution in [0, 0.1) is 0 Å². The van der Waals surface area contributed by atoms with Crippen LogP contribution in [0.5, 0.6) is 0 Å². The average Bonchev–Trinajstić information content (AvgIpc) is 2.65. The zero-order valence-electron chi connectivity index (χ0n) is 16.3. The molecule has 0 amide bonds. The first kappa shape index (κ1) is 23.2. The van der Waals surface area contributed by atoms with Crippen LogP contribution in [0.3, 0.4) is 0 Å². The van der Waals surface area contributed by atoms with E-state index in [2.05, 4.69) is 51.7 Å². The average molecular weight is 474 g/mol. The van der Waals surface area contributed by atoms with E-state index in [4.69, 9.17) is 4.74 Å². The van der Waals surface area contributed by atoms with E-state index in [0.717, 1.165) is 32.2 Å². The summed E-state index contributed by atoms with van der Waals surface area (Å²) < 4.78 is 5.35. The molecule has 26 heavy (non-hydrogen) atoms. The van der Waals surface area contributed by atoms with Crippen LogP contribution in [-0.2, 0) is 17.8 Å². The summed E-state index contributed by atoms with van der Waals surface area (Å²) >= 11 is 0. The van der Waals surface area contributed by atoms with Crippen molar-refractivity contribution in [3.8, 4) is 0 Å². The van der Waals surface area contributed by atoms with Crippen molar-refractivity contribution in [3.63, 3.8) is 0 Å². The van der Waals surface area contributed by atoms with Crippen molar-refractivity contribution in [2.45, 2.75) is 46.2 Å². The number of ether oxygens (including phenoxy) is 1. The molecule has 2 rings (SSSR count). The number of hydrogen-bond donors (Lipinski definition) is 2. The van der Waals surface area contributed by atoms with Gasteiger partial charge in [-0.25, -0.2) is 4.99 Å². The number of aliphatic imine (C=N–C) groups is 1. The van der Waals surface area contributed by atoms with Crippen LogP contribution in [0.1, 0.15) is 44.2 Å². The Morgan fingerprint density at radius 2 is 1.73 bits per heavy atom. The van der Waals surface area contributed by atoms with Gasteiger partial charge in [0.2, 0.25) is 0 Å². The topological polar surface area (TPSA) is 48.9 Å². The van der Waals surface area contributed by atoms with Crippen molar-refractivity contribution in [1.82, 2.24) is 15.5 Å². The molecular weight excluding hydrogens is 439 g/mol. The molecule has 6 heteroatoms. The summed E-state index contributed by atoms with van der Waals surface area (Å²) in [5, 5.41) is 6.57. The van der Waals surface area contributed by atoms with E-state index in [1.165, 1.54) is 43.5 Å². The first-order valence-electron chi connectivity index (χ1n) is 9.72. The Balaban J connectivity index is 0.00000338. The van der Waals surface area contributed by atoms with Crippen LogP contribution >= 0.6 is 24.0 Å². The summed E-state index contributed by atoms with van der Waals surface area (Å²) in [4.78, 5) is 7.21. The zero-order valence-corrected chi connectivity index (χ0v) is 18.6. The highest BCUT2D eigenvalue weighted by Gasteiger charge is 2.10. The fourth-order valence-electron chi connectivity index (χ4n) is 3.02. The Labute approximate surface area is 176 Å². The Kier molecular flexibility index (Phi) is 12.7. The fourth-order valence-corrected chi connectivity index (χ4v) is 3.02. The SMILES string of the molecule is CCNC(=NCc1ccc(CN2CCCCC2)cc1)NCCOCC.I. The van der Waals surface area contributed by atoms with Gasteiger partial charge in [0.1, 0.15) is 0 Å². The van der Waals surface area contributed by atoms with Crippen LogP contribution < -0.4 is 10.6 Å². The number of piperidine rings is 1. The van der Waals surface area contributed by atoms with Gasteiger partial charge >= 0.3 is 0 Å². The molecular formula is C20H35IN4O. The van der Waals surface area contributed by atoms with Gasteiger partial charge < -0.3 is 15.4 Å². The molecule has 1 fully saturated rings. The summed E-state index contributed by atoms with van der Waals surface area (Å²) in [5.74, 6) is 0.847. The van der Waals surface area contributed by atoms with Crippen LogP contribution in [0.2, 0.25) is 0 Å². The van der Waals surface area contributed by atoms with Crippen LogP contribution in [-0.4, -0.2) is 50.3 Å². The molecule has 0 unspecified atom stereocenters. The maximum absolute atomic E-state index is 5.35. The van der Waals surface area contributed by atoms with E-state index in [9.17, 15) is 0 Å². The third kappa shape index (κ3) is 9.19. The highest BCUT2D eigenvalue weighted by molar-refractivity contribution is 14.0. The summed E-state index contributed by atoms with van der Waals surface area (Å²) in [5.41, 5.74) is 2.64. The number of guanidine groups is 1. The van der Waals surface area contributed by atoms with E-state index in [-0.39, 0.29) is 24.0 Å². The third-order valence-electron chi connectivity index (χ3n) is 4.38. The Hall–Kier alpha value is -0.860. The zero-order chi connectivity index (χ0) is 17.7. The van der Waals surface area contributed by atoms with Gasteiger partial charge in [-0.2, -0.15) is 0 Å². The number of nitrogens with one attached hydrogen (secondary N) is 2. The lowest BCUT2D eigenvalue weighted by Gasteiger charge is -2.26. The maximum Gasteiger partial charge on any atom is 0.191 e. The second kappa shape index (κ2) is 14.2. The number of likely N-dealkylation sites (tertiary alicyclic amines) is 1. The van der Waals surface area contributed by atoms with Crippen molar-refractivity contribution in [2.75, 3.05) is 39.4 Å². The minimum Gasteiger partial charge on any atom is -0.380 e. The molecule has 1 aliphatic rings. The number of rotatable bonds is 9. The number of nitrogens with zero attached hydrogens (tertiary/aromatic N) is 2. The molecule has 0 bridgehead atoms. The van der Waals surface area contributed by atoms with E-state index in [1.807, 2.05) is 6.92 Å². The first-order chi connectivity index (χ1) is 12.3. The Bertz CT molecular complexity index is 501. The minimum atomic E-state index is 0. The summed E-state index contributed by atoms with van der Waals surface area (Å²) in [6.07, 6.45) is 4.08. The van der Waals surface area contributed by atoms with Gasteiger partial charge in [-0.15, -0.1) is 24.0 Å². The molecule has 0 aromatic heterocycles. The number of hydrogen-bond acceptors (Lipinski definition) is 3. The molecule has 0 atom stereocenters. The highest BCUT2D eigenvalue weighted by atomic mass is 127. The van der Waals surface area contributed by atoms with E-state index in [0.29, 0.717) is 13.2 Å². The Morgan fingerprint density at radius 1 is 1.04 bits per heavy atom. The lowest BCUT2D eigenvalue weighted by atomic mass is 10.1. The van der Waals surface area contributed by atoms with Gasteiger partial charge in [0, 0.05) is 26.2 Å². The van der Waals surface area contributed by atoms with E-state index in [1.54, 1.807) is 0 Å². The molecule has 0 aliphatic carbocycles. The fraction of sp³-hybridized carbons (Fsp3) is 0.650. The van der Waals surface area contributed by atoms with Gasteiger partial charge in [-0.3, -0.25) is 4.90 Å². The van der Waals surface area contributed by atoms with E-state index < -0.39 is 0 Å². The first-order valence-corrected chi connectivity index (χ1v) is 9.72. The van der Waals surface area contributed by atoms with Gasteiger partial charge in [0.25, 0.3) is 0 Å². The third-order valence-corrected chi connectivity index (χ3v) is 4.38. The molecule has 1 saturated heterocycles. The predicted molar refractivity (Wildman–Crippen MR) is 120 cm³/mol. The molecule has 0 saturated carbocycles. The molecule has 1 heterocycles. The molecule has 5 nitrogen and oxygen atoms in total. The second-order valence-electron chi connectivity index (χ2n) is 6.47. The quantitative estimate of drug-likeness (QED) is 0.250. The smallest absolute Gasteiger partial charge is 0.191 e. The van der Waals surface area contributed by atoms with Crippen LogP contribution in [0.4, 0.5) is 0 Å². The molecule has 1 aromatic carbocycles. The van der Waals surface area contributed by atoms with Gasteiger partial charge in [0.05, 0.1) is 13.2 Å². The molecule has 1 aromatic rings. The second-order valence-corrected chi connectivity index (χ2v) is 6.47. The van der Waals surface area contributed by atoms with Gasteiger partial charge in [-0.1, -0.05) is 30.7 Å². The van der Waals surface area contributed by atoms with Crippen molar-refractivity contribution in [1.29, 1.82) is 0 Å². The van der Waals surface area contributed by atoms with Gasteiger partial charge in [-0.05, 0) is 50.9 Å². The van der Waals surface area contributed by atoms with Crippen molar-refractivity contribution in [2.24, 2.45) is 4.99 Å². The molecule has 1 aliphatic heterocycles. The highest BCUT2D eigenvalue weighted by Crippen LogP contribution is 2.13. The van der Waals surface area contributed by atoms with E-state index >= 15 is 0 Å².